The van der Waals surface area contributed by atoms with Gasteiger partial charge in [0.05, 0.1) is 30.9 Å². The quantitative estimate of drug-likeness (QED) is 0.702. The minimum atomic E-state index is -0.00684. The molecule has 1 heterocycles. The molecule has 1 N–H and O–H groups in total. The minimum absolute atomic E-state index is 0.00684. The van der Waals surface area contributed by atoms with Crippen LogP contribution in [0.3, 0.4) is 0 Å². The van der Waals surface area contributed by atoms with Gasteiger partial charge < -0.3 is 4.90 Å². The molecule has 26 heavy (non-hydrogen) atoms. The van der Waals surface area contributed by atoms with E-state index < -0.39 is 0 Å². The van der Waals surface area contributed by atoms with Crippen LogP contribution in [0.2, 0.25) is 5.02 Å². The third-order valence-corrected chi connectivity index (χ3v) is 5.42. The van der Waals surface area contributed by atoms with Gasteiger partial charge in [-0.3, -0.25) is 9.69 Å². The van der Waals surface area contributed by atoms with Gasteiger partial charge in [0.25, 0.3) is 5.91 Å². The van der Waals surface area contributed by atoms with Crippen LogP contribution in [0.25, 0.3) is 10.2 Å². The van der Waals surface area contributed by atoms with Crippen molar-refractivity contribution in [2.75, 3.05) is 32.1 Å². The third-order valence-electron chi connectivity index (χ3n) is 4.14. The zero-order chi connectivity index (χ0) is 18.7. The van der Waals surface area contributed by atoms with E-state index in [-0.39, 0.29) is 5.91 Å². The number of hydrogen-bond acceptors (Lipinski definition) is 3. The molecule has 0 aliphatic rings. The lowest BCUT2D eigenvalue weighted by molar-refractivity contribution is -0.858. The Kier molecular flexibility index (Phi) is 5.91. The normalized spacial score (nSPS) is 11.3. The minimum Gasteiger partial charge on any atom is -0.340 e. The fraction of sp³-hybridized carbons (Fsp3) is 0.300. The predicted octanol–water partition coefficient (Wildman–Crippen LogP) is 3.44. The first kappa shape index (κ1) is 18.8. The number of aryl methyl sites for hydroxylation is 1. The topological polar surface area (TPSA) is 37.6 Å². The molecule has 0 saturated heterocycles. The summed E-state index contributed by atoms with van der Waals surface area (Å²) in [5, 5.41) is 1.41. The van der Waals surface area contributed by atoms with E-state index in [2.05, 4.69) is 19.1 Å². The van der Waals surface area contributed by atoms with Gasteiger partial charge in [-0.2, -0.15) is 0 Å². The molecule has 0 aliphatic carbocycles. The lowest BCUT2D eigenvalue weighted by atomic mass is 10.1. The first-order valence-electron chi connectivity index (χ1n) is 8.67. The molecule has 4 nitrogen and oxygen atoms in total. The summed E-state index contributed by atoms with van der Waals surface area (Å²) in [6.45, 7) is 3.63. The fourth-order valence-electron chi connectivity index (χ4n) is 2.81. The predicted molar refractivity (Wildman–Crippen MR) is 110 cm³/mol. The Hall–Kier alpha value is -1.95. The van der Waals surface area contributed by atoms with E-state index in [4.69, 9.17) is 11.6 Å². The Morgan fingerprint density at radius 3 is 2.77 bits per heavy atom. The first-order chi connectivity index (χ1) is 12.4. The Balaban J connectivity index is 1.94. The van der Waals surface area contributed by atoms with Crippen molar-refractivity contribution in [1.29, 1.82) is 0 Å². The van der Waals surface area contributed by atoms with Crippen molar-refractivity contribution in [3.63, 3.8) is 0 Å². The number of anilines is 1. The molecule has 3 aromatic rings. The zero-order valence-corrected chi connectivity index (χ0v) is 16.8. The fourth-order valence-corrected chi connectivity index (χ4v) is 4.08. The molecule has 1 aromatic heterocycles. The maximum Gasteiger partial charge on any atom is 0.260 e. The smallest absolute Gasteiger partial charge is 0.260 e. The zero-order valence-electron chi connectivity index (χ0n) is 15.3. The molecule has 0 bridgehead atoms. The Labute approximate surface area is 163 Å². The summed E-state index contributed by atoms with van der Waals surface area (Å²) in [5.74, 6) is -0.00684. The number of fused-ring (bicyclic) bond motifs is 1. The van der Waals surface area contributed by atoms with Gasteiger partial charge >= 0.3 is 0 Å². The van der Waals surface area contributed by atoms with Crippen molar-refractivity contribution in [3.05, 3.63) is 58.6 Å². The number of quaternary nitrogens is 1. The van der Waals surface area contributed by atoms with Gasteiger partial charge in [0, 0.05) is 23.6 Å². The number of halogens is 1. The summed E-state index contributed by atoms with van der Waals surface area (Å²) >= 11 is 7.61. The highest BCUT2D eigenvalue weighted by Crippen LogP contribution is 2.31. The Morgan fingerprint density at radius 2 is 2.04 bits per heavy atom. The van der Waals surface area contributed by atoms with Crippen LogP contribution in [-0.2, 0) is 0 Å². The summed E-state index contributed by atoms with van der Waals surface area (Å²) in [6.07, 6.45) is 0.913. The highest BCUT2D eigenvalue weighted by atomic mass is 35.5. The van der Waals surface area contributed by atoms with Crippen LogP contribution in [0, 0.1) is 6.92 Å². The molecule has 3 rings (SSSR count). The second-order valence-corrected chi connectivity index (χ2v) is 8.19. The van der Waals surface area contributed by atoms with E-state index >= 15 is 0 Å². The second-order valence-electron chi connectivity index (χ2n) is 6.75. The molecule has 6 heteroatoms. The molecule has 0 spiro atoms. The van der Waals surface area contributed by atoms with Crippen molar-refractivity contribution in [2.24, 2.45) is 0 Å². The van der Waals surface area contributed by atoms with E-state index in [0.29, 0.717) is 17.1 Å². The van der Waals surface area contributed by atoms with Crippen LogP contribution in [0.5, 0.6) is 0 Å². The monoisotopic (exact) mass is 388 g/mol. The maximum atomic E-state index is 13.2. The van der Waals surface area contributed by atoms with Gasteiger partial charge in [-0.15, -0.1) is 0 Å². The number of amides is 1. The van der Waals surface area contributed by atoms with Crippen molar-refractivity contribution in [3.8, 4) is 0 Å². The molecular weight excluding hydrogens is 366 g/mol. The number of carbonyl (C=O) groups is 1. The lowest BCUT2D eigenvalue weighted by Gasteiger charge is -2.20. The van der Waals surface area contributed by atoms with Crippen LogP contribution in [0.1, 0.15) is 22.3 Å². The van der Waals surface area contributed by atoms with E-state index in [1.54, 1.807) is 4.90 Å². The summed E-state index contributed by atoms with van der Waals surface area (Å²) in [7, 11) is 4.23. The van der Waals surface area contributed by atoms with Crippen molar-refractivity contribution >= 4 is 44.2 Å². The lowest BCUT2D eigenvalue weighted by Crippen LogP contribution is -3.05. The van der Waals surface area contributed by atoms with Gasteiger partial charge in [-0.05, 0) is 37.3 Å². The van der Waals surface area contributed by atoms with Gasteiger partial charge in [0.15, 0.2) is 5.13 Å². The summed E-state index contributed by atoms with van der Waals surface area (Å²) < 4.78 is 0.993. The van der Waals surface area contributed by atoms with Crippen LogP contribution in [0.4, 0.5) is 5.13 Å². The summed E-state index contributed by atoms with van der Waals surface area (Å²) in [5.41, 5.74) is 2.64. The molecule has 2 aromatic carbocycles. The van der Waals surface area contributed by atoms with Gasteiger partial charge in [0.2, 0.25) is 0 Å². The van der Waals surface area contributed by atoms with Crippen molar-refractivity contribution < 1.29 is 9.69 Å². The molecule has 0 unspecified atom stereocenters. The van der Waals surface area contributed by atoms with Crippen LogP contribution >= 0.6 is 22.9 Å². The average Bonchev–Trinajstić information content (AvgIpc) is 3.00. The molecule has 0 radical (unpaired) electrons. The summed E-state index contributed by atoms with van der Waals surface area (Å²) in [4.78, 5) is 21.0. The molecule has 0 atom stereocenters. The molecule has 1 amide bonds. The van der Waals surface area contributed by atoms with Crippen LogP contribution in [0.15, 0.2) is 42.5 Å². The molecule has 0 aliphatic heterocycles. The highest BCUT2D eigenvalue weighted by Gasteiger charge is 2.21. The first-order valence-corrected chi connectivity index (χ1v) is 9.87. The number of benzene rings is 2. The number of carbonyl (C=O) groups excluding carboxylic acids is 1. The van der Waals surface area contributed by atoms with Gasteiger partial charge in [0.1, 0.15) is 0 Å². The van der Waals surface area contributed by atoms with E-state index in [1.165, 1.54) is 16.2 Å². The average molecular weight is 389 g/mol. The molecule has 136 valence electrons. The molecule has 0 fully saturated rings. The SMILES string of the molecule is Cc1cccc(C(=O)N(CCC[NH+](C)C)c2nc3ccc(Cl)cc3s2)c1. The second kappa shape index (κ2) is 8.16. The van der Waals surface area contributed by atoms with Gasteiger partial charge in [-0.1, -0.05) is 40.6 Å². The Bertz CT molecular complexity index is 922. The number of aromatic nitrogens is 1. The Morgan fingerprint density at radius 1 is 1.23 bits per heavy atom. The number of hydrogen-bond donors (Lipinski definition) is 1. The number of nitrogens with zero attached hydrogens (tertiary/aromatic N) is 2. The van der Waals surface area contributed by atoms with Crippen molar-refractivity contribution in [1.82, 2.24) is 4.98 Å². The maximum absolute atomic E-state index is 13.2. The highest BCUT2D eigenvalue weighted by molar-refractivity contribution is 7.22. The van der Waals surface area contributed by atoms with Gasteiger partial charge in [-0.25, -0.2) is 4.98 Å². The standard InChI is InChI=1S/C20H22ClN3OS/c1-14-6-4-7-15(12-14)19(25)24(11-5-10-23(2)3)20-22-17-9-8-16(21)13-18(17)26-20/h4,6-9,12-13H,5,10-11H2,1-3H3/p+1. The van der Waals surface area contributed by atoms with E-state index in [1.807, 2.05) is 49.4 Å². The van der Waals surface area contributed by atoms with E-state index in [0.717, 1.165) is 33.9 Å². The largest absolute Gasteiger partial charge is 0.340 e. The number of nitrogens with one attached hydrogen (secondary N) is 1. The number of rotatable bonds is 6. The van der Waals surface area contributed by atoms with Crippen LogP contribution in [-0.4, -0.2) is 38.1 Å². The van der Waals surface area contributed by atoms with Crippen LogP contribution < -0.4 is 9.80 Å². The van der Waals surface area contributed by atoms with Crippen molar-refractivity contribution in [2.45, 2.75) is 13.3 Å². The van der Waals surface area contributed by atoms with E-state index in [9.17, 15) is 4.79 Å². The number of thiazole rings is 1. The third kappa shape index (κ3) is 4.41. The molecule has 0 saturated carbocycles. The summed E-state index contributed by atoms with van der Waals surface area (Å²) in [6, 6.07) is 13.3. The molecular formula is C20H23ClN3OS+.